The highest BCUT2D eigenvalue weighted by Gasteiger charge is 1.97. The zero-order chi connectivity index (χ0) is 8.97. The van der Waals surface area contributed by atoms with Gasteiger partial charge in [0, 0.05) is 24.5 Å². The molecule has 0 aliphatic carbocycles. The second-order valence-electron chi connectivity index (χ2n) is 2.10. The minimum absolute atomic E-state index is 0.373. The van der Waals surface area contributed by atoms with Gasteiger partial charge in [-0.2, -0.15) is 0 Å². The van der Waals surface area contributed by atoms with Crippen molar-refractivity contribution in [3.63, 3.8) is 0 Å². The summed E-state index contributed by atoms with van der Waals surface area (Å²) in [6, 6.07) is 3.37. The van der Waals surface area contributed by atoms with Crippen LogP contribution in [0.2, 0.25) is 0 Å². The van der Waals surface area contributed by atoms with Crippen molar-refractivity contribution in [2.24, 2.45) is 0 Å². The van der Waals surface area contributed by atoms with Gasteiger partial charge < -0.3 is 5.11 Å². The number of aromatic nitrogens is 1. The molecule has 0 spiro atoms. The van der Waals surface area contributed by atoms with E-state index in [9.17, 15) is 9.59 Å². The maximum absolute atomic E-state index is 11.0. The molecule has 0 aromatic carbocycles. The maximum atomic E-state index is 11.0. The van der Waals surface area contributed by atoms with E-state index in [1.807, 2.05) is 0 Å². The predicted octanol–water partition coefficient (Wildman–Crippen LogP) is 0.769. The van der Waals surface area contributed by atoms with Gasteiger partial charge in [-0.05, 0) is 12.1 Å². The minimum atomic E-state index is -1.13. The van der Waals surface area contributed by atoms with E-state index in [0.717, 1.165) is 12.2 Å². The van der Waals surface area contributed by atoms with E-state index in [0.29, 0.717) is 0 Å². The van der Waals surface area contributed by atoms with E-state index in [1.165, 1.54) is 4.57 Å². The van der Waals surface area contributed by atoms with Gasteiger partial charge in [0.05, 0.1) is 0 Å². The molecule has 0 amide bonds. The SMILES string of the molecule is O=C(O)C=CC(=O)n1cccc1. The third kappa shape index (κ3) is 2.09. The Morgan fingerprint density at radius 3 is 2.25 bits per heavy atom. The van der Waals surface area contributed by atoms with Gasteiger partial charge in [0.1, 0.15) is 0 Å². The smallest absolute Gasteiger partial charge is 0.328 e. The van der Waals surface area contributed by atoms with Crippen molar-refractivity contribution in [2.45, 2.75) is 0 Å². The first-order valence-corrected chi connectivity index (χ1v) is 3.28. The Hall–Kier alpha value is -1.84. The summed E-state index contributed by atoms with van der Waals surface area (Å²) < 4.78 is 1.29. The molecule has 1 rings (SSSR count). The molecule has 0 atom stereocenters. The number of hydrogen-bond donors (Lipinski definition) is 1. The number of rotatable bonds is 2. The molecule has 1 aromatic rings. The molecule has 12 heavy (non-hydrogen) atoms. The first-order chi connectivity index (χ1) is 5.70. The van der Waals surface area contributed by atoms with Crippen molar-refractivity contribution in [1.82, 2.24) is 4.57 Å². The molecule has 1 heterocycles. The van der Waals surface area contributed by atoms with Gasteiger partial charge in [0.2, 0.25) is 0 Å². The van der Waals surface area contributed by atoms with Gasteiger partial charge in [-0.15, -0.1) is 0 Å². The predicted molar refractivity (Wildman–Crippen MR) is 41.8 cm³/mol. The lowest BCUT2D eigenvalue weighted by atomic mass is 10.4. The van der Waals surface area contributed by atoms with Crippen LogP contribution in [0.25, 0.3) is 0 Å². The highest BCUT2D eigenvalue weighted by Crippen LogP contribution is 1.90. The monoisotopic (exact) mass is 165 g/mol. The molecule has 4 heteroatoms. The molecule has 0 fully saturated rings. The number of allylic oxidation sites excluding steroid dienone is 1. The molecular weight excluding hydrogens is 158 g/mol. The van der Waals surface area contributed by atoms with Crippen LogP contribution < -0.4 is 0 Å². The van der Waals surface area contributed by atoms with Crippen LogP contribution in [0, 0.1) is 0 Å². The fourth-order valence-electron chi connectivity index (χ4n) is 0.710. The molecule has 1 N–H and O–H groups in total. The van der Waals surface area contributed by atoms with Gasteiger partial charge in [-0.25, -0.2) is 4.79 Å². The normalized spacial score (nSPS) is 10.3. The average Bonchev–Trinajstić information content (AvgIpc) is 2.51. The molecule has 0 aliphatic rings. The quantitative estimate of drug-likeness (QED) is 0.658. The number of carboxylic acids is 1. The molecule has 0 saturated heterocycles. The Bertz CT molecular complexity index is 311. The summed E-state index contributed by atoms with van der Waals surface area (Å²) in [7, 11) is 0. The highest BCUT2D eigenvalue weighted by molar-refractivity contribution is 5.95. The van der Waals surface area contributed by atoms with Crippen molar-refractivity contribution in [3.8, 4) is 0 Å². The largest absolute Gasteiger partial charge is 0.478 e. The maximum Gasteiger partial charge on any atom is 0.328 e. The topological polar surface area (TPSA) is 59.3 Å². The summed E-state index contributed by atoms with van der Waals surface area (Å²) in [6.45, 7) is 0. The second-order valence-corrected chi connectivity index (χ2v) is 2.10. The van der Waals surface area contributed by atoms with Gasteiger partial charge in [-0.1, -0.05) is 0 Å². The van der Waals surface area contributed by atoms with Crippen LogP contribution in [0.15, 0.2) is 36.7 Å². The van der Waals surface area contributed by atoms with Gasteiger partial charge >= 0.3 is 5.97 Å². The summed E-state index contributed by atoms with van der Waals surface area (Å²) in [6.07, 6.45) is 4.91. The standard InChI is InChI=1S/C8H7NO3/c10-7(3-4-8(11)12)9-5-1-2-6-9/h1-6H,(H,11,12). The van der Waals surface area contributed by atoms with E-state index >= 15 is 0 Å². The summed E-state index contributed by atoms with van der Waals surface area (Å²) in [5.41, 5.74) is 0. The molecule has 0 saturated carbocycles. The van der Waals surface area contributed by atoms with Crippen molar-refractivity contribution in [2.75, 3.05) is 0 Å². The lowest BCUT2D eigenvalue weighted by molar-refractivity contribution is -0.131. The first-order valence-electron chi connectivity index (χ1n) is 3.28. The minimum Gasteiger partial charge on any atom is -0.478 e. The number of carbonyl (C=O) groups is 2. The lowest BCUT2D eigenvalue weighted by Gasteiger charge is -1.92. The fraction of sp³-hybridized carbons (Fsp3) is 0. The highest BCUT2D eigenvalue weighted by atomic mass is 16.4. The average molecular weight is 165 g/mol. The van der Waals surface area contributed by atoms with Crippen LogP contribution in [0.1, 0.15) is 4.79 Å². The molecule has 0 aliphatic heterocycles. The Morgan fingerprint density at radius 1 is 1.17 bits per heavy atom. The molecule has 0 bridgehead atoms. The van der Waals surface area contributed by atoms with E-state index < -0.39 is 5.97 Å². The number of carboxylic acid groups (broad SMARTS) is 1. The number of aliphatic carboxylic acids is 1. The zero-order valence-corrected chi connectivity index (χ0v) is 6.18. The van der Waals surface area contributed by atoms with Crippen LogP contribution in [-0.4, -0.2) is 21.6 Å². The zero-order valence-electron chi connectivity index (χ0n) is 6.18. The third-order valence-corrected chi connectivity index (χ3v) is 1.23. The summed E-state index contributed by atoms with van der Waals surface area (Å²) in [4.78, 5) is 21.0. The summed E-state index contributed by atoms with van der Waals surface area (Å²) in [5, 5.41) is 8.21. The molecule has 4 nitrogen and oxygen atoms in total. The van der Waals surface area contributed by atoms with Crippen molar-refractivity contribution in [1.29, 1.82) is 0 Å². The van der Waals surface area contributed by atoms with Crippen LogP contribution in [0.3, 0.4) is 0 Å². The van der Waals surface area contributed by atoms with Crippen LogP contribution in [-0.2, 0) is 4.79 Å². The van der Waals surface area contributed by atoms with E-state index in [4.69, 9.17) is 5.11 Å². The Kier molecular flexibility index (Phi) is 2.42. The van der Waals surface area contributed by atoms with Crippen LogP contribution in [0.4, 0.5) is 0 Å². The van der Waals surface area contributed by atoms with Gasteiger partial charge in [0.25, 0.3) is 5.91 Å². The molecular formula is C8H7NO3. The summed E-state index contributed by atoms with van der Waals surface area (Å²) in [5.74, 6) is -1.50. The number of hydrogen-bond acceptors (Lipinski definition) is 2. The number of carbonyl (C=O) groups excluding carboxylic acids is 1. The molecule has 62 valence electrons. The van der Waals surface area contributed by atoms with E-state index in [-0.39, 0.29) is 5.91 Å². The fourth-order valence-corrected chi connectivity index (χ4v) is 0.710. The van der Waals surface area contributed by atoms with Crippen LogP contribution >= 0.6 is 0 Å². The van der Waals surface area contributed by atoms with E-state index in [2.05, 4.69) is 0 Å². The van der Waals surface area contributed by atoms with Gasteiger partial charge in [0.15, 0.2) is 0 Å². The first kappa shape index (κ1) is 8.26. The lowest BCUT2D eigenvalue weighted by Crippen LogP contribution is -2.04. The molecule has 0 radical (unpaired) electrons. The Labute approximate surface area is 68.7 Å². The van der Waals surface area contributed by atoms with Crippen LogP contribution in [0.5, 0.6) is 0 Å². The van der Waals surface area contributed by atoms with Crippen molar-refractivity contribution >= 4 is 11.9 Å². The van der Waals surface area contributed by atoms with E-state index in [1.54, 1.807) is 24.5 Å². The Morgan fingerprint density at radius 2 is 1.75 bits per heavy atom. The Balaban J connectivity index is 2.68. The second kappa shape index (κ2) is 3.52. The third-order valence-electron chi connectivity index (χ3n) is 1.23. The van der Waals surface area contributed by atoms with Crippen molar-refractivity contribution < 1.29 is 14.7 Å². The molecule has 1 aromatic heterocycles. The van der Waals surface area contributed by atoms with Gasteiger partial charge in [-0.3, -0.25) is 9.36 Å². The number of nitrogens with zero attached hydrogens (tertiary/aromatic N) is 1. The molecule has 0 unspecified atom stereocenters. The summed E-state index contributed by atoms with van der Waals surface area (Å²) >= 11 is 0. The van der Waals surface area contributed by atoms with Crippen molar-refractivity contribution in [3.05, 3.63) is 36.7 Å².